The first kappa shape index (κ1) is 9.87. The van der Waals surface area contributed by atoms with Crippen molar-refractivity contribution in [3.05, 3.63) is 53.6 Å². The molecule has 0 aliphatic carbocycles. The standard InChI is InChI=1S/C12H10ClN2/c13-9-3-1-5-11(7-9)15-12-6-2-4-10(14)8-12/h1-4,6-8,15H,14H2. The Morgan fingerprint density at radius 3 is 2.80 bits per heavy atom. The van der Waals surface area contributed by atoms with Crippen LogP contribution in [0.3, 0.4) is 0 Å². The lowest BCUT2D eigenvalue weighted by Gasteiger charge is -2.06. The predicted molar refractivity (Wildman–Crippen MR) is 64.4 cm³/mol. The first-order valence-electron chi connectivity index (χ1n) is 4.54. The molecule has 0 aliphatic rings. The molecule has 0 saturated heterocycles. The zero-order valence-corrected chi connectivity index (χ0v) is 8.75. The quantitative estimate of drug-likeness (QED) is 0.756. The summed E-state index contributed by atoms with van der Waals surface area (Å²) in [5.41, 5.74) is 8.14. The van der Waals surface area contributed by atoms with Gasteiger partial charge in [-0.2, -0.15) is 0 Å². The fraction of sp³-hybridized carbons (Fsp3) is 0. The molecule has 0 aliphatic heterocycles. The van der Waals surface area contributed by atoms with Gasteiger partial charge in [-0.1, -0.05) is 23.7 Å². The number of rotatable bonds is 2. The van der Waals surface area contributed by atoms with E-state index in [4.69, 9.17) is 17.3 Å². The maximum atomic E-state index is 5.86. The van der Waals surface area contributed by atoms with E-state index in [-0.39, 0.29) is 0 Å². The highest BCUT2D eigenvalue weighted by atomic mass is 35.5. The molecule has 0 saturated carbocycles. The predicted octanol–water partition coefficient (Wildman–Crippen LogP) is 3.47. The Hall–Kier alpha value is -1.67. The number of nitrogen functional groups attached to an aromatic ring is 1. The Bertz CT molecular complexity index is 425. The summed E-state index contributed by atoms with van der Waals surface area (Å²) < 4.78 is 0. The third kappa shape index (κ3) is 2.64. The highest BCUT2D eigenvalue weighted by molar-refractivity contribution is 6.30. The molecule has 2 nitrogen and oxygen atoms in total. The van der Waals surface area contributed by atoms with Gasteiger partial charge in [0.2, 0.25) is 0 Å². The van der Waals surface area contributed by atoms with E-state index in [2.05, 4.69) is 11.4 Å². The van der Waals surface area contributed by atoms with Crippen LogP contribution in [0, 0.1) is 6.07 Å². The number of nitrogens with two attached hydrogens (primary N) is 1. The molecule has 0 aromatic heterocycles. The Morgan fingerprint density at radius 2 is 2.07 bits per heavy atom. The Morgan fingerprint density at radius 1 is 1.20 bits per heavy atom. The zero-order chi connectivity index (χ0) is 10.7. The smallest absolute Gasteiger partial charge is 0.0479 e. The molecule has 0 atom stereocenters. The molecule has 0 heterocycles. The third-order valence-electron chi connectivity index (χ3n) is 1.93. The molecule has 2 aromatic carbocycles. The SMILES string of the molecule is Nc1cccc(Nc2[c]ccc(Cl)c2)c1. The first-order chi connectivity index (χ1) is 7.24. The summed E-state index contributed by atoms with van der Waals surface area (Å²) >= 11 is 5.86. The highest BCUT2D eigenvalue weighted by Crippen LogP contribution is 2.20. The van der Waals surface area contributed by atoms with Crippen molar-refractivity contribution >= 4 is 28.7 Å². The second-order valence-corrected chi connectivity index (χ2v) is 3.61. The van der Waals surface area contributed by atoms with Crippen molar-refractivity contribution in [1.29, 1.82) is 0 Å². The van der Waals surface area contributed by atoms with Crippen LogP contribution in [0.1, 0.15) is 0 Å². The van der Waals surface area contributed by atoms with Crippen molar-refractivity contribution < 1.29 is 0 Å². The summed E-state index contributed by atoms with van der Waals surface area (Å²) in [7, 11) is 0. The molecular weight excluding hydrogens is 208 g/mol. The van der Waals surface area contributed by atoms with Gasteiger partial charge in [-0.15, -0.1) is 0 Å². The molecule has 2 rings (SSSR count). The number of benzene rings is 2. The van der Waals surface area contributed by atoms with Gasteiger partial charge in [0.15, 0.2) is 0 Å². The summed E-state index contributed by atoms with van der Waals surface area (Å²) in [6.45, 7) is 0. The molecule has 1 radical (unpaired) electrons. The van der Waals surface area contributed by atoms with E-state index in [0.29, 0.717) is 5.02 Å². The molecule has 75 valence electrons. The topological polar surface area (TPSA) is 38.0 Å². The molecular formula is C12H10ClN2. The van der Waals surface area contributed by atoms with Gasteiger partial charge in [0.25, 0.3) is 0 Å². The summed E-state index contributed by atoms with van der Waals surface area (Å²) in [6, 6.07) is 15.9. The summed E-state index contributed by atoms with van der Waals surface area (Å²) in [5, 5.41) is 3.85. The second-order valence-electron chi connectivity index (χ2n) is 3.17. The van der Waals surface area contributed by atoms with Gasteiger partial charge in [0.1, 0.15) is 0 Å². The molecule has 3 N–H and O–H groups in total. The van der Waals surface area contributed by atoms with Crippen LogP contribution in [-0.2, 0) is 0 Å². The van der Waals surface area contributed by atoms with Gasteiger partial charge in [0.05, 0.1) is 0 Å². The van der Waals surface area contributed by atoms with Gasteiger partial charge in [-0.25, -0.2) is 0 Å². The van der Waals surface area contributed by atoms with Crippen molar-refractivity contribution in [2.45, 2.75) is 0 Å². The Balaban J connectivity index is 2.22. The van der Waals surface area contributed by atoms with Crippen molar-refractivity contribution in [3.63, 3.8) is 0 Å². The maximum absolute atomic E-state index is 5.86. The minimum absolute atomic E-state index is 0.681. The van der Waals surface area contributed by atoms with E-state index in [0.717, 1.165) is 17.1 Å². The second kappa shape index (κ2) is 4.24. The fourth-order valence-electron chi connectivity index (χ4n) is 1.28. The number of nitrogens with one attached hydrogen (secondary N) is 1. The van der Waals surface area contributed by atoms with E-state index in [1.54, 1.807) is 12.1 Å². The van der Waals surface area contributed by atoms with Gasteiger partial charge in [-0.05, 0) is 30.3 Å². The van der Waals surface area contributed by atoms with E-state index in [1.165, 1.54) is 0 Å². The lowest BCUT2D eigenvalue weighted by Crippen LogP contribution is -1.91. The lowest BCUT2D eigenvalue weighted by molar-refractivity contribution is 1.54. The van der Waals surface area contributed by atoms with Gasteiger partial charge in [0, 0.05) is 28.2 Å². The maximum Gasteiger partial charge on any atom is 0.0479 e. The number of hydrogen-bond acceptors (Lipinski definition) is 2. The third-order valence-corrected chi connectivity index (χ3v) is 2.16. The van der Waals surface area contributed by atoms with Crippen LogP contribution in [0.15, 0.2) is 42.5 Å². The number of hydrogen-bond donors (Lipinski definition) is 2. The molecule has 0 unspecified atom stereocenters. The van der Waals surface area contributed by atoms with Crippen LogP contribution in [-0.4, -0.2) is 0 Å². The van der Waals surface area contributed by atoms with Gasteiger partial charge in [-0.3, -0.25) is 0 Å². The normalized spacial score (nSPS) is 9.93. The molecule has 3 heteroatoms. The largest absolute Gasteiger partial charge is 0.399 e. The summed E-state index contributed by atoms with van der Waals surface area (Å²) in [4.78, 5) is 0. The number of halogens is 1. The van der Waals surface area contributed by atoms with Crippen molar-refractivity contribution in [3.8, 4) is 0 Å². The van der Waals surface area contributed by atoms with Crippen LogP contribution < -0.4 is 11.1 Å². The molecule has 0 amide bonds. The first-order valence-corrected chi connectivity index (χ1v) is 4.92. The fourth-order valence-corrected chi connectivity index (χ4v) is 1.45. The van der Waals surface area contributed by atoms with E-state index in [9.17, 15) is 0 Å². The molecule has 15 heavy (non-hydrogen) atoms. The van der Waals surface area contributed by atoms with E-state index < -0.39 is 0 Å². The van der Waals surface area contributed by atoms with Crippen LogP contribution in [0.4, 0.5) is 17.1 Å². The van der Waals surface area contributed by atoms with Crippen molar-refractivity contribution in [2.75, 3.05) is 11.1 Å². The average molecular weight is 218 g/mol. The summed E-state index contributed by atoms with van der Waals surface area (Å²) in [5.74, 6) is 0. The molecule has 0 fully saturated rings. The van der Waals surface area contributed by atoms with Crippen LogP contribution in [0.2, 0.25) is 5.02 Å². The zero-order valence-electron chi connectivity index (χ0n) is 8.00. The number of anilines is 3. The minimum Gasteiger partial charge on any atom is -0.399 e. The van der Waals surface area contributed by atoms with E-state index in [1.807, 2.05) is 30.3 Å². The van der Waals surface area contributed by atoms with Gasteiger partial charge >= 0.3 is 0 Å². The molecule has 0 bridgehead atoms. The van der Waals surface area contributed by atoms with Crippen LogP contribution in [0.25, 0.3) is 0 Å². The van der Waals surface area contributed by atoms with Crippen LogP contribution in [0.5, 0.6) is 0 Å². The highest BCUT2D eigenvalue weighted by Gasteiger charge is 1.96. The van der Waals surface area contributed by atoms with Crippen molar-refractivity contribution in [2.24, 2.45) is 0 Å². The lowest BCUT2D eigenvalue weighted by atomic mass is 10.2. The van der Waals surface area contributed by atoms with Crippen molar-refractivity contribution in [1.82, 2.24) is 0 Å². The average Bonchev–Trinajstić information content (AvgIpc) is 2.17. The minimum atomic E-state index is 0.681. The Kier molecular flexibility index (Phi) is 2.79. The Labute approximate surface area is 93.7 Å². The molecule has 0 spiro atoms. The summed E-state index contributed by atoms with van der Waals surface area (Å²) in [6.07, 6.45) is 0. The van der Waals surface area contributed by atoms with Gasteiger partial charge < -0.3 is 11.1 Å². The molecule has 2 aromatic rings. The monoisotopic (exact) mass is 217 g/mol. The van der Waals surface area contributed by atoms with Crippen LogP contribution >= 0.6 is 11.6 Å². The van der Waals surface area contributed by atoms with E-state index >= 15 is 0 Å².